The van der Waals surface area contributed by atoms with Crippen LogP contribution in [0.4, 0.5) is 0 Å². The van der Waals surface area contributed by atoms with E-state index in [1.54, 1.807) is 13.3 Å². The maximum atomic E-state index is 5.26. The molecule has 14 heavy (non-hydrogen) atoms. The normalized spacial score (nSPS) is 21.2. The van der Waals surface area contributed by atoms with Gasteiger partial charge in [-0.25, -0.2) is 4.99 Å². The molecule has 1 rings (SSSR count). The Kier molecular flexibility index (Phi) is 4.80. The molecule has 0 aromatic carbocycles. The first-order valence-electron chi connectivity index (χ1n) is 4.86. The van der Waals surface area contributed by atoms with Crippen LogP contribution in [0, 0.1) is 0 Å². The summed E-state index contributed by atoms with van der Waals surface area (Å²) in [5, 5.41) is 0.273. The fourth-order valence-corrected chi connectivity index (χ4v) is 2.30. The van der Waals surface area contributed by atoms with Gasteiger partial charge < -0.3 is 4.74 Å². The number of nitrogens with zero attached hydrogens (tertiary/aromatic N) is 1. The van der Waals surface area contributed by atoms with Gasteiger partial charge in [0.25, 0.3) is 0 Å². The SMILES string of the molecule is CCCSC1C=C(C)C=CN=C1OC. The first kappa shape index (κ1) is 11.4. The molecule has 0 bridgehead atoms. The molecule has 0 spiro atoms. The number of ether oxygens (including phenoxy) is 1. The summed E-state index contributed by atoms with van der Waals surface area (Å²) in [5.41, 5.74) is 1.24. The molecule has 0 N–H and O–H groups in total. The molecule has 0 aromatic rings. The number of methoxy groups -OCH3 is 1. The molecule has 0 amide bonds. The van der Waals surface area contributed by atoms with Crippen LogP contribution in [0.1, 0.15) is 20.3 Å². The lowest BCUT2D eigenvalue weighted by Crippen LogP contribution is -2.17. The summed E-state index contributed by atoms with van der Waals surface area (Å²) < 4.78 is 5.26. The Labute approximate surface area is 90.1 Å². The Morgan fingerprint density at radius 1 is 1.57 bits per heavy atom. The fourth-order valence-electron chi connectivity index (χ4n) is 1.20. The summed E-state index contributed by atoms with van der Waals surface area (Å²) in [7, 11) is 1.68. The maximum absolute atomic E-state index is 5.26. The predicted octanol–water partition coefficient (Wildman–Crippen LogP) is 3.02. The van der Waals surface area contributed by atoms with Crippen molar-refractivity contribution < 1.29 is 4.74 Å². The minimum absolute atomic E-state index is 0.273. The molecule has 1 aliphatic heterocycles. The Hall–Kier alpha value is -0.700. The Morgan fingerprint density at radius 2 is 2.36 bits per heavy atom. The third-order valence-corrected chi connectivity index (χ3v) is 3.25. The molecule has 2 nitrogen and oxygen atoms in total. The quantitative estimate of drug-likeness (QED) is 0.715. The molecule has 78 valence electrons. The van der Waals surface area contributed by atoms with Crippen LogP contribution in [0.15, 0.2) is 28.9 Å². The van der Waals surface area contributed by atoms with Crippen molar-refractivity contribution in [2.24, 2.45) is 4.99 Å². The first-order chi connectivity index (χ1) is 6.77. The smallest absolute Gasteiger partial charge is 0.205 e. The van der Waals surface area contributed by atoms with E-state index in [2.05, 4.69) is 24.9 Å². The van der Waals surface area contributed by atoms with Crippen LogP contribution < -0.4 is 0 Å². The van der Waals surface area contributed by atoms with Gasteiger partial charge in [-0.15, -0.1) is 11.8 Å². The molecule has 0 saturated heterocycles. The van der Waals surface area contributed by atoms with Crippen LogP contribution in [0.2, 0.25) is 0 Å². The van der Waals surface area contributed by atoms with Crippen molar-refractivity contribution in [3.05, 3.63) is 23.9 Å². The van der Waals surface area contributed by atoms with Crippen molar-refractivity contribution in [3.8, 4) is 0 Å². The van der Waals surface area contributed by atoms with E-state index in [1.807, 2.05) is 17.8 Å². The van der Waals surface area contributed by atoms with Crippen molar-refractivity contribution in [1.29, 1.82) is 0 Å². The van der Waals surface area contributed by atoms with Gasteiger partial charge in [0.15, 0.2) is 0 Å². The molecule has 0 aliphatic carbocycles. The van der Waals surface area contributed by atoms with E-state index >= 15 is 0 Å². The van der Waals surface area contributed by atoms with Crippen LogP contribution in [0.5, 0.6) is 0 Å². The van der Waals surface area contributed by atoms with Gasteiger partial charge in [-0.3, -0.25) is 0 Å². The van der Waals surface area contributed by atoms with Crippen molar-refractivity contribution in [3.63, 3.8) is 0 Å². The number of allylic oxidation sites excluding steroid dienone is 2. The summed E-state index contributed by atoms with van der Waals surface area (Å²) in [4.78, 5) is 4.27. The second kappa shape index (κ2) is 5.91. The second-order valence-electron chi connectivity index (χ2n) is 3.19. The largest absolute Gasteiger partial charge is 0.483 e. The molecule has 3 heteroatoms. The molecule has 1 heterocycles. The first-order valence-corrected chi connectivity index (χ1v) is 5.91. The van der Waals surface area contributed by atoms with Gasteiger partial charge in [0.1, 0.15) is 0 Å². The van der Waals surface area contributed by atoms with Crippen LogP contribution in [-0.4, -0.2) is 24.0 Å². The second-order valence-corrected chi connectivity index (χ2v) is 4.44. The Bertz CT molecular complexity index is 268. The highest BCUT2D eigenvalue weighted by Crippen LogP contribution is 2.20. The molecule has 0 saturated carbocycles. The van der Waals surface area contributed by atoms with Crippen molar-refractivity contribution in [1.82, 2.24) is 0 Å². The average Bonchev–Trinajstić information content (AvgIpc) is 2.36. The zero-order chi connectivity index (χ0) is 10.4. The number of rotatable bonds is 3. The van der Waals surface area contributed by atoms with E-state index in [-0.39, 0.29) is 5.25 Å². The van der Waals surface area contributed by atoms with Gasteiger partial charge in [0.2, 0.25) is 5.90 Å². The highest BCUT2D eigenvalue weighted by molar-refractivity contribution is 8.00. The Balaban J connectivity index is 2.71. The van der Waals surface area contributed by atoms with Crippen molar-refractivity contribution >= 4 is 17.7 Å². The lowest BCUT2D eigenvalue weighted by molar-refractivity contribution is 0.396. The Morgan fingerprint density at radius 3 is 3.00 bits per heavy atom. The fraction of sp³-hybridized carbons (Fsp3) is 0.545. The van der Waals surface area contributed by atoms with Crippen LogP contribution >= 0.6 is 11.8 Å². The van der Waals surface area contributed by atoms with Gasteiger partial charge in [0.05, 0.1) is 12.4 Å². The van der Waals surface area contributed by atoms with E-state index in [1.165, 1.54) is 12.0 Å². The molecule has 1 unspecified atom stereocenters. The van der Waals surface area contributed by atoms with Gasteiger partial charge >= 0.3 is 0 Å². The number of hydrogen-bond donors (Lipinski definition) is 0. The van der Waals surface area contributed by atoms with E-state index in [0.29, 0.717) is 0 Å². The zero-order valence-corrected chi connectivity index (χ0v) is 9.80. The molecule has 0 aromatic heterocycles. The van der Waals surface area contributed by atoms with Crippen molar-refractivity contribution in [2.45, 2.75) is 25.5 Å². The highest BCUT2D eigenvalue weighted by atomic mass is 32.2. The molecule has 0 fully saturated rings. The molecule has 1 aliphatic rings. The van der Waals surface area contributed by atoms with Gasteiger partial charge in [-0.2, -0.15) is 0 Å². The molecular formula is C11H17NOS. The summed E-state index contributed by atoms with van der Waals surface area (Å²) >= 11 is 1.87. The monoisotopic (exact) mass is 211 g/mol. The summed E-state index contributed by atoms with van der Waals surface area (Å²) in [6.45, 7) is 4.27. The van der Waals surface area contributed by atoms with Crippen LogP contribution in [0.3, 0.4) is 0 Å². The maximum Gasteiger partial charge on any atom is 0.205 e. The van der Waals surface area contributed by atoms with Gasteiger partial charge in [0, 0.05) is 6.20 Å². The van der Waals surface area contributed by atoms with E-state index in [0.717, 1.165) is 11.7 Å². The molecule has 0 radical (unpaired) electrons. The summed E-state index contributed by atoms with van der Waals surface area (Å²) in [5.74, 6) is 1.94. The van der Waals surface area contributed by atoms with E-state index in [9.17, 15) is 0 Å². The summed E-state index contributed by atoms with van der Waals surface area (Å²) in [6.07, 6.45) is 7.19. The third-order valence-electron chi connectivity index (χ3n) is 1.91. The van der Waals surface area contributed by atoms with Crippen LogP contribution in [0.25, 0.3) is 0 Å². The minimum Gasteiger partial charge on any atom is -0.483 e. The highest BCUT2D eigenvalue weighted by Gasteiger charge is 2.15. The van der Waals surface area contributed by atoms with Gasteiger partial charge in [-0.1, -0.05) is 18.6 Å². The van der Waals surface area contributed by atoms with E-state index in [4.69, 9.17) is 4.74 Å². The number of thioether (sulfide) groups is 1. The zero-order valence-electron chi connectivity index (χ0n) is 8.99. The minimum atomic E-state index is 0.273. The number of hydrogen-bond acceptors (Lipinski definition) is 3. The third kappa shape index (κ3) is 3.22. The summed E-state index contributed by atoms with van der Waals surface area (Å²) in [6, 6.07) is 0. The topological polar surface area (TPSA) is 21.6 Å². The van der Waals surface area contributed by atoms with Crippen molar-refractivity contribution in [2.75, 3.05) is 12.9 Å². The standard InChI is InChI=1S/C11H17NOS/c1-4-7-14-10-8-9(2)5-6-12-11(10)13-3/h5-6,8,10H,4,7H2,1-3H3. The average molecular weight is 211 g/mol. The van der Waals surface area contributed by atoms with E-state index < -0.39 is 0 Å². The molecule has 1 atom stereocenters. The predicted molar refractivity (Wildman–Crippen MR) is 63.9 cm³/mol. The lowest BCUT2D eigenvalue weighted by atomic mass is 10.2. The number of aliphatic imine (C=N–C) groups is 1. The molecular weight excluding hydrogens is 194 g/mol. The lowest BCUT2D eigenvalue weighted by Gasteiger charge is -2.12. The van der Waals surface area contributed by atoms with Gasteiger partial charge in [-0.05, 0) is 25.2 Å². The van der Waals surface area contributed by atoms with Crippen LogP contribution in [-0.2, 0) is 4.74 Å².